The van der Waals surface area contributed by atoms with E-state index in [9.17, 15) is 0 Å². The van der Waals surface area contributed by atoms with Crippen LogP contribution in [0.5, 0.6) is 0 Å². The van der Waals surface area contributed by atoms with Gasteiger partial charge in [0.2, 0.25) is 0 Å². The van der Waals surface area contributed by atoms with Gasteiger partial charge in [-0.1, -0.05) is 169 Å². The molecule has 0 aromatic heterocycles. The molecule has 0 heteroatoms. The summed E-state index contributed by atoms with van der Waals surface area (Å²) in [6.45, 7) is 26.4. The molecule has 0 aliphatic heterocycles. The summed E-state index contributed by atoms with van der Waals surface area (Å²) < 4.78 is 0. The van der Waals surface area contributed by atoms with Gasteiger partial charge in [-0.05, 0) is 72.5 Å². The predicted octanol–water partition coefficient (Wildman–Crippen LogP) is 12.8. The van der Waals surface area contributed by atoms with Crippen molar-refractivity contribution in [1.29, 1.82) is 0 Å². The minimum atomic E-state index is 0.648. The van der Waals surface area contributed by atoms with Crippen LogP contribution in [0.15, 0.2) is 24.3 Å². The van der Waals surface area contributed by atoms with E-state index in [0.29, 0.717) is 11.8 Å². The molecule has 2 aliphatic rings. The fourth-order valence-electron chi connectivity index (χ4n) is 8.01. The Labute approximate surface area is 241 Å². The molecule has 0 aromatic rings. The first-order valence-electron chi connectivity index (χ1n) is 17.5. The summed E-state index contributed by atoms with van der Waals surface area (Å²) in [5.41, 5.74) is 3.16. The summed E-state index contributed by atoms with van der Waals surface area (Å²) >= 11 is 0. The van der Waals surface area contributed by atoms with Crippen molar-refractivity contribution in [2.45, 2.75) is 164 Å². The lowest BCUT2D eigenvalue weighted by molar-refractivity contribution is 0.204. The summed E-state index contributed by atoms with van der Waals surface area (Å²) in [4.78, 5) is 0. The molecule has 2 fully saturated rings. The van der Waals surface area contributed by atoms with Crippen LogP contribution in [0.2, 0.25) is 0 Å². The van der Waals surface area contributed by atoms with Crippen molar-refractivity contribution in [3.63, 3.8) is 0 Å². The van der Waals surface area contributed by atoms with Crippen LogP contribution in [0, 0.1) is 53.3 Å². The molecule has 0 bridgehead atoms. The third-order valence-electron chi connectivity index (χ3n) is 11.0. The van der Waals surface area contributed by atoms with Crippen molar-refractivity contribution in [2.75, 3.05) is 0 Å². The molecule has 8 atom stereocenters. The maximum Gasteiger partial charge on any atom is -0.0137 e. The van der Waals surface area contributed by atoms with Gasteiger partial charge >= 0.3 is 0 Å². The maximum atomic E-state index is 4.67. The lowest BCUT2D eigenvalue weighted by atomic mass is 9.58. The molecule has 2 rings (SSSR count). The van der Waals surface area contributed by atoms with Gasteiger partial charge in [-0.25, -0.2) is 0 Å². The number of rotatable bonds is 19. The highest BCUT2D eigenvalue weighted by molar-refractivity contribution is 5.26. The summed E-state index contributed by atoms with van der Waals surface area (Å²) in [7, 11) is 0. The van der Waals surface area contributed by atoms with Crippen LogP contribution in [-0.2, 0) is 0 Å². The first-order chi connectivity index (χ1) is 18.1. The summed E-state index contributed by atoms with van der Waals surface area (Å²) in [6.07, 6.45) is 25.5. The molecule has 0 amide bonds. The van der Waals surface area contributed by atoms with Gasteiger partial charge in [0, 0.05) is 0 Å². The lowest BCUT2D eigenvalue weighted by Crippen LogP contribution is -2.36. The third kappa shape index (κ3) is 11.9. The molecule has 0 spiro atoms. The van der Waals surface area contributed by atoms with Gasteiger partial charge in [0.25, 0.3) is 0 Å². The average molecular weight is 527 g/mol. The summed E-state index contributed by atoms with van der Waals surface area (Å²) in [6, 6.07) is 0. The first-order valence-corrected chi connectivity index (χ1v) is 17.5. The topological polar surface area (TPSA) is 0 Å². The van der Waals surface area contributed by atoms with Crippen LogP contribution < -0.4 is 0 Å². The molecule has 38 heavy (non-hydrogen) atoms. The van der Waals surface area contributed by atoms with E-state index in [1.54, 1.807) is 11.1 Å². The number of hydrogen-bond donors (Lipinski definition) is 0. The number of allylic oxidation sites excluding steroid dienone is 2. The van der Waals surface area contributed by atoms with Gasteiger partial charge in [0.1, 0.15) is 0 Å². The molecule has 0 nitrogen and oxygen atoms in total. The Morgan fingerprint density at radius 2 is 0.921 bits per heavy atom. The van der Waals surface area contributed by atoms with Gasteiger partial charge in [-0.15, -0.1) is 0 Å². The second kappa shape index (κ2) is 18.0. The van der Waals surface area contributed by atoms with Crippen LogP contribution in [0.4, 0.5) is 0 Å². The Bertz CT molecular complexity index is 655. The summed E-state index contributed by atoms with van der Waals surface area (Å²) in [5, 5.41) is 0. The Hall–Kier alpha value is -0.520. The highest BCUT2D eigenvalue weighted by Crippen LogP contribution is 2.51. The lowest BCUT2D eigenvalue weighted by Gasteiger charge is -2.46. The van der Waals surface area contributed by atoms with Crippen molar-refractivity contribution in [1.82, 2.24) is 0 Å². The molecule has 2 saturated carbocycles. The van der Waals surface area contributed by atoms with E-state index in [-0.39, 0.29) is 0 Å². The van der Waals surface area contributed by atoms with Crippen molar-refractivity contribution in [2.24, 2.45) is 53.3 Å². The molecule has 8 unspecified atom stereocenters. The first kappa shape index (κ1) is 33.7. The molecule has 2 aliphatic carbocycles. The zero-order valence-electron chi connectivity index (χ0n) is 27.3. The fourth-order valence-corrected chi connectivity index (χ4v) is 8.01. The Balaban J connectivity index is 1.52. The SMILES string of the molecule is C=C1C(C)C(CCC(C)CCCC(C)CCCC(C)CCCC(C)CCCC(C)C)C(=C)C2CCCCC12. The van der Waals surface area contributed by atoms with Crippen molar-refractivity contribution in [3.8, 4) is 0 Å². The minimum absolute atomic E-state index is 0.648. The highest BCUT2D eigenvalue weighted by Gasteiger charge is 2.40. The smallest absolute Gasteiger partial charge is 0.0137 e. The number of fused-ring (bicyclic) bond motifs is 1. The van der Waals surface area contributed by atoms with Crippen LogP contribution in [0.1, 0.15) is 164 Å². The molecule has 0 heterocycles. The van der Waals surface area contributed by atoms with Crippen molar-refractivity contribution < 1.29 is 0 Å². The monoisotopic (exact) mass is 527 g/mol. The van der Waals surface area contributed by atoms with E-state index >= 15 is 0 Å². The quantitative estimate of drug-likeness (QED) is 0.147. The maximum absolute atomic E-state index is 4.67. The summed E-state index contributed by atoms with van der Waals surface area (Å²) in [5.74, 6) is 7.31. The average Bonchev–Trinajstić information content (AvgIpc) is 2.87. The number of hydrogen-bond acceptors (Lipinski definition) is 0. The Morgan fingerprint density at radius 3 is 1.34 bits per heavy atom. The van der Waals surface area contributed by atoms with Crippen molar-refractivity contribution >= 4 is 0 Å². The fraction of sp³-hybridized carbons (Fsp3) is 0.895. The van der Waals surface area contributed by atoms with Crippen molar-refractivity contribution in [3.05, 3.63) is 24.3 Å². The highest BCUT2D eigenvalue weighted by atomic mass is 14.5. The molecule has 222 valence electrons. The minimum Gasteiger partial charge on any atom is -0.0993 e. The van der Waals surface area contributed by atoms with Gasteiger partial charge in [-0.3, -0.25) is 0 Å². The van der Waals surface area contributed by atoms with Crippen LogP contribution in [-0.4, -0.2) is 0 Å². The largest absolute Gasteiger partial charge is 0.0993 e. The van der Waals surface area contributed by atoms with Crippen LogP contribution in [0.25, 0.3) is 0 Å². The molecular weight excluding hydrogens is 456 g/mol. The molecule has 0 radical (unpaired) electrons. The van der Waals surface area contributed by atoms with E-state index in [2.05, 4.69) is 61.6 Å². The Morgan fingerprint density at radius 1 is 0.553 bits per heavy atom. The third-order valence-corrected chi connectivity index (χ3v) is 11.0. The van der Waals surface area contributed by atoms with Crippen LogP contribution in [0.3, 0.4) is 0 Å². The second-order valence-electron chi connectivity index (χ2n) is 15.2. The van der Waals surface area contributed by atoms with E-state index in [0.717, 1.165) is 41.4 Å². The molecule has 0 N–H and O–H groups in total. The van der Waals surface area contributed by atoms with Crippen LogP contribution >= 0.6 is 0 Å². The van der Waals surface area contributed by atoms with Gasteiger partial charge < -0.3 is 0 Å². The zero-order valence-corrected chi connectivity index (χ0v) is 27.3. The van der Waals surface area contributed by atoms with E-state index in [1.165, 1.54) is 116 Å². The second-order valence-corrected chi connectivity index (χ2v) is 15.2. The predicted molar refractivity (Wildman–Crippen MR) is 173 cm³/mol. The van der Waals surface area contributed by atoms with Gasteiger partial charge in [-0.2, -0.15) is 0 Å². The zero-order chi connectivity index (χ0) is 28.1. The molecule has 0 saturated heterocycles. The van der Waals surface area contributed by atoms with E-state index < -0.39 is 0 Å². The van der Waals surface area contributed by atoms with Gasteiger partial charge in [0.05, 0.1) is 0 Å². The molecular formula is C38H70. The van der Waals surface area contributed by atoms with E-state index in [4.69, 9.17) is 0 Å². The Kier molecular flexibility index (Phi) is 16.0. The molecule has 0 aromatic carbocycles. The van der Waals surface area contributed by atoms with Gasteiger partial charge in [0.15, 0.2) is 0 Å². The normalized spacial score (nSPS) is 27.3. The standard InChI is InChI=1S/C38H70/c1-28(2)16-12-17-29(3)18-13-19-30(4)20-14-21-31(5)22-15-23-32(6)26-27-36-33(7)34(8)37-24-10-11-25-38(37)35(36)9/h28-33,36-38H,8-27H2,1-7H3. The van der Waals surface area contributed by atoms with E-state index in [1.807, 2.05) is 0 Å².